The van der Waals surface area contributed by atoms with Crippen molar-refractivity contribution in [2.24, 2.45) is 0 Å². The lowest BCUT2D eigenvalue weighted by Crippen LogP contribution is -2.07. The highest BCUT2D eigenvalue weighted by atomic mass is 32.2. The van der Waals surface area contributed by atoms with E-state index in [0.717, 1.165) is 12.1 Å². The van der Waals surface area contributed by atoms with Gasteiger partial charge in [0.25, 0.3) is 0 Å². The number of ether oxygens (including phenoxy) is 1. The summed E-state index contributed by atoms with van der Waals surface area (Å²) in [6.07, 6.45) is 1.55. The van der Waals surface area contributed by atoms with Crippen LogP contribution >= 0.6 is 0 Å². The Morgan fingerprint density at radius 1 is 1.35 bits per heavy atom. The van der Waals surface area contributed by atoms with Crippen molar-refractivity contribution in [3.05, 3.63) is 47.8 Å². The molecular formula is C13H14F2N2O2S. The maximum Gasteiger partial charge on any atom is 0.151 e. The van der Waals surface area contributed by atoms with Gasteiger partial charge < -0.3 is 4.74 Å². The molecule has 1 aromatic heterocycles. The highest BCUT2D eigenvalue weighted by Gasteiger charge is 2.09. The van der Waals surface area contributed by atoms with E-state index in [-0.39, 0.29) is 11.4 Å². The first-order chi connectivity index (χ1) is 9.60. The lowest BCUT2D eigenvalue weighted by atomic mass is 10.3. The van der Waals surface area contributed by atoms with Gasteiger partial charge in [0.1, 0.15) is 11.5 Å². The van der Waals surface area contributed by atoms with Gasteiger partial charge in [-0.25, -0.2) is 13.5 Å². The zero-order valence-corrected chi connectivity index (χ0v) is 11.7. The van der Waals surface area contributed by atoms with Crippen molar-refractivity contribution >= 4 is 10.8 Å². The van der Waals surface area contributed by atoms with Crippen molar-refractivity contribution in [1.29, 1.82) is 0 Å². The minimum absolute atomic E-state index is 0.153. The van der Waals surface area contributed by atoms with Gasteiger partial charge in [0, 0.05) is 35.9 Å². The van der Waals surface area contributed by atoms with E-state index in [1.165, 1.54) is 10.7 Å². The molecule has 0 aliphatic rings. The van der Waals surface area contributed by atoms with Gasteiger partial charge in [-0.05, 0) is 18.2 Å². The highest BCUT2D eigenvalue weighted by molar-refractivity contribution is 7.84. The van der Waals surface area contributed by atoms with Crippen LogP contribution in [0.3, 0.4) is 0 Å². The molecule has 0 amide bonds. The molecule has 0 fully saturated rings. The van der Waals surface area contributed by atoms with E-state index in [4.69, 9.17) is 4.74 Å². The molecule has 2 rings (SSSR count). The molecule has 1 heterocycles. The lowest BCUT2D eigenvalue weighted by Gasteiger charge is -2.03. The van der Waals surface area contributed by atoms with E-state index in [1.807, 2.05) is 0 Å². The number of hydrogen-bond acceptors (Lipinski definition) is 3. The fraction of sp³-hybridized carbons (Fsp3) is 0.308. The van der Waals surface area contributed by atoms with Crippen LogP contribution in [-0.2, 0) is 21.3 Å². The summed E-state index contributed by atoms with van der Waals surface area (Å²) in [5.74, 6) is -0.632. The van der Waals surface area contributed by atoms with E-state index in [0.29, 0.717) is 18.1 Å². The maximum atomic E-state index is 13.6. The average molecular weight is 300 g/mol. The quantitative estimate of drug-likeness (QED) is 0.820. The summed E-state index contributed by atoms with van der Waals surface area (Å²) in [5, 5.41) is 4.14. The van der Waals surface area contributed by atoms with Gasteiger partial charge in [-0.2, -0.15) is 5.10 Å². The highest BCUT2D eigenvalue weighted by Crippen LogP contribution is 2.14. The molecule has 0 aliphatic heterocycles. The molecule has 4 nitrogen and oxygen atoms in total. The van der Waals surface area contributed by atoms with Crippen molar-refractivity contribution in [3.8, 4) is 5.69 Å². The third-order valence-corrected chi connectivity index (χ3v) is 3.86. The number of benzene rings is 1. The predicted molar refractivity (Wildman–Crippen MR) is 72.1 cm³/mol. The number of aromatic nitrogens is 2. The molecule has 0 bridgehead atoms. The Morgan fingerprint density at radius 2 is 2.15 bits per heavy atom. The Kier molecular flexibility index (Phi) is 4.97. The zero-order valence-electron chi connectivity index (χ0n) is 10.9. The Bertz CT molecular complexity index is 616. The van der Waals surface area contributed by atoms with Crippen molar-refractivity contribution in [2.75, 3.05) is 19.5 Å². The largest absolute Gasteiger partial charge is 0.384 e. The van der Waals surface area contributed by atoms with Crippen molar-refractivity contribution < 1.29 is 17.7 Å². The zero-order chi connectivity index (χ0) is 14.5. The third-order valence-electron chi connectivity index (χ3n) is 2.62. The van der Waals surface area contributed by atoms with Crippen molar-refractivity contribution in [1.82, 2.24) is 9.78 Å². The van der Waals surface area contributed by atoms with Gasteiger partial charge >= 0.3 is 0 Å². The number of rotatable bonds is 6. The molecule has 20 heavy (non-hydrogen) atoms. The van der Waals surface area contributed by atoms with Crippen LogP contribution in [0.4, 0.5) is 8.78 Å². The molecule has 2 aromatic rings. The summed E-state index contributed by atoms with van der Waals surface area (Å²) in [6.45, 7) is 0.417. The minimum atomic E-state index is -1.08. The van der Waals surface area contributed by atoms with Crippen LogP contribution in [0.25, 0.3) is 5.69 Å². The minimum Gasteiger partial charge on any atom is -0.384 e. The summed E-state index contributed by atoms with van der Waals surface area (Å²) in [6, 6.07) is 4.93. The second kappa shape index (κ2) is 6.71. The van der Waals surface area contributed by atoms with E-state index < -0.39 is 22.4 Å². The smallest absolute Gasteiger partial charge is 0.151 e. The van der Waals surface area contributed by atoms with Crippen LogP contribution in [-0.4, -0.2) is 33.5 Å². The lowest BCUT2D eigenvalue weighted by molar-refractivity contribution is 0.218. The van der Waals surface area contributed by atoms with Gasteiger partial charge in [0.2, 0.25) is 0 Å². The summed E-state index contributed by atoms with van der Waals surface area (Å²) < 4.78 is 44.3. The fourth-order valence-electron chi connectivity index (χ4n) is 1.65. The summed E-state index contributed by atoms with van der Waals surface area (Å²) in [7, 11) is 0.467. The fourth-order valence-corrected chi connectivity index (χ4v) is 2.63. The van der Waals surface area contributed by atoms with Gasteiger partial charge in [-0.3, -0.25) is 4.21 Å². The molecule has 108 valence electrons. The molecule has 0 saturated heterocycles. The summed E-state index contributed by atoms with van der Waals surface area (Å²) >= 11 is 0. The first-order valence-corrected chi connectivity index (χ1v) is 7.43. The third kappa shape index (κ3) is 3.71. The normalized spacial score (nSPS) is 12.6. The van der Waals surface area contributed by atoms with Crippen LogP contribution < -0.4 is 0 Å². The van der Waals surface area contributed by atoms with Crippen LogP contribution in [0.15, 0.2) is 30.5 Å². The number of nitrogens with zero attached hydrogens (tertiary/aromatic N) is 2. The molecule has 1 aromatic carbocycles. The first kappa shape index (κ1) is 14.8. The SMILES string of the molecule is COCC[S@@](=O)Cc1ccn(-c2ccc(F)cc2F)n1. The van der Waals surface area contributed by atoms with Gasteiger partial charge in [-0.15, -0.1) is 0 Å². The van der Waals surface area contributed by atoms with Crippen LogP contribution in [0.2, 0.25) is 0 Å². The second-order valence-corrected chi connectivity index (χ2v) is 5.71. The number of hydrogen-bond donors (Lipinski definition) is 0. The summed E-state index contributed by atoms with van der Waals surface area (Å²) in [5.41, 5.74) is 0.739. The Balaban J connectivity index is 2.10. The predicted octanol–water partition coefficient (Wildman–Crippen LogP) is 2.05. The summed E-state index contributed by atoms with van der Waals surface area (Å²) in [4.78, 5) is 0. The first-order valence-electron chi connectivity index (χ1n) is 5.94. The standard InChI is InChI=1S/C13H14F2N2O2S/c1-19-6-7-20(18)9-11-4-5-17(16-11)13-3-2-10(14)8-12(13)15/h2-5,8H,6-7,9H2,1H3/t20-/m1/s1. The molecule has 0 spiro atoms. The molecule has 7 heteroatoms. The maximum absolute atomic E-state index is 13.6. The van der Waals surface area contributed by atoms with Crippen LogP contribution in [0, 0.1) is 11.6 Å². The molecule has 0 radical (unpaired) electrons. The van der Waals surface area contributed by atoms with E-state index in [1.54, 1.807) is 19.4 Å². The van der Waals surface area contributed by atoms with Crippen LogP contribution in [0.5, 0.6) is 0 Å². The van der Waals surface area contributed by atoms with E-state index in [9.17, 15) is 13.0 Å². The van der Waals surface area contributed by atoms with Crippen molar-refractivity contribution in [3.63, 3.8) is 0 Å². The molecule has 0 N–H and O–H groups in total. The molecule has 0 aliphatic carbocycles. The monoisotopic (exact) mass is 300 g/mol. The average Bonchev–Trinajstić information content (AvgIpc) is 2.84. The Morgan fingerprint density at radius 3 is 2.85 bits per heavy atom. The van der Waals surface area contributed by atoms with Gasteiger partial charge in [-0.1, -0.05) is 0 Å². The molecule has 0 saturated carbocycles. The Hall–Kier alpha value is -1.60. The van der Waals surface area contributed by atoms with Crippen LogP contribution in [0.1, 0.15) is 5.69 Å². The molecule has 1 atom stereocenters. The topological polar surface area (TPSA) is 44.1 Å². The van der Waals surface area contributed by atoms with E-state index >= 15 is 0 Å². The molecule has 0 unspecified atom stereocenters. The van der Waals surface area contributed by atoms with E-state index in [2.05, 4.69) is 5.10 Å². The number of methoxy groups -OCH3 is 1. The van der Waals surface area contributed by atoms with Gasteiger partial charge in [0.05, 0.1) is 18.1 Å². The van der Waals surface area contributed by atoms with Crippen molar-refractivity contribution in [2.45, 2.75) is 5.75 Å². The Labute approximate surface area is 117 Å². The van der Waals surface area contributed by atoms with Gasteiger partial charge in [0.15, 0.2) is 5.82 Å². The second-order valence-electron chi connectivity index (χ2n) is 4.13. The number of halogens is 2. The molecular weight excluding hydrogens is 286 g/mol.